The average Bonchev–Trinajstić information content (AvgIpc) is 3.00. The normalized spacial score (nSPS) is 27.3. The molecule has 0 nitrogen and oxygen atoms in total. The molecule has 118 valence electrons. The van der Waals surface area contributed by atoms with Gasteiger partial charge in [-0.05, 0) is 43.4 Å². The molecule has 0 heterocycles. The maximum absolute atomic E-state index is 2.45. The molecule has 0 aromatic rings. The van der Waals surface area contributed by atoms with Gasteiger partial charge in [-0.1, -0.05) is 45.4 Å². The standard InChI is InChI=1S/C9H20P2.C5H10.2CH3.Fe/c1-7(10-2)8-5-4-6-9(8)11-3;1-2-4-5-3-1;;;/h7-11H,4-6H2,1-3H3;1-5H2;2*1H3;/q;;2*-1;+2. The van der Waals surface area contributed by atoms with Crippen LogP contribution in [0.4, 0.5) is 0 Å². The first kappa shape index (κ1) is 25.3. The van der Waals surface area contributed by atoms with Crippen molar-refractivity contribution in [1.29, 1.82) is 0 Å². The van der Waals surface area contributed by atoms with Gasteiger partial charge in [0.05, 0.1) is 0 Å². The second-order valence-corrected chi connectivity index (χ2v) is 8.14. The van der Waals surface area contributed by atoms with Crippen molar-refractivity contribution in [3.05, 3.63) is 14.9 Å². The Morgan fingerprint density at radius 2 is 1.32 bits per heavy atom. The van der Waals surface area contributed by atoms with E-state index in [9.17, 15) is 0 Å². The molecule has 0 aliphatic heterocycles. The molecule has 0 saturated heterocycles. The van der Waals surface area contributed by atoms with Crippen LogP contribution in [0.2, 0.25) is 0 Å². The second kappa shape index (κ2) is 15.8. The van der Waals surface area contributed by atoms with Gasteiger partial charge in [0.25, 0.3) is 0 Å². The Labute approximate surface area is 138 Å². The molecule has 0 aromatic heterocycles. The smallest absolute Gasteiger partial charge is 0.358 e. The summed E-state index contributed by atoms with van der Waals surface area (Å²) in [5.41, 5.74) is 2.10. The van der Waals surface area contributed by atoms with Gasteiger partial charge in [-0.3, -0.25) is 0 Å². The van der Waals surface area contributed by atoms with Crippen LogP contribution >= 0.6 is 17.2 Å². The Hall–Kier alpha value is 1.38. The van der Waals surface area contributed by atoms with Crippen LogP contribution in [0.5, 0.6) is 0 Å². The minimum atomic E-state index is 0. The van der Waals surface area contributed by atoms with E-state index >= 15 is 0 Å². The zero-order valence-electron chi connectivity index (χ0n) is 13.7. The molecule has 0 N–H and O–H groups in total. The minimum absolute atomic E-state index is 0. The van der Waals surface area contributed by atoms with E-state index in [0.717, 1.165) is 25.8 Å². The molecule has 0 aromatic carbocycles. The van der Waals surface area contributed by atoms with Gasteiger partial charge in [0.1, 0.15) is 0 Å². The van der Waals surface area contributed by atoms with Crippen LogP contribution in [0, 0.1) is 20.8 Å². The van der Waals surface area contributed by atoms with Crippen LogP contribution in [-0.4, -0.2) is 24.6 Å². The molecule has 0 spiro atoms. The molecule has 2 rings (SSSR count). The van der Waals surface area contributed by atoms with E-state index in [1.54, 1.807) is 0 Å². The predicted octanol–water partition coefficient (Wildman–Crippen LogP) is 6.01. The van der Waals surface area contributed by atoms with Crippen molar-refractivity contribution in [2.45, 2.75) is 69.6 Å². The van der Waals surface area contributed by atoms with Gasteiger partial charge in [-0.2, -0.15) is 0 Å². The summed E-state index contributed by atoms with van der Waals surface area (Å²) in [6.45, 7) is 7.19. The summed E-state index contributed by atoms with van der Waals surface area (Å²) in [4.78, 5) is 0. The Bertz CT molecular complexity index is 165. The zero-order chi connectivity index (χ0) is 11.8. The van der Waals surface area contributed by atoms with Crippen molar-refractivity contribution in [2.24, 2.45) is 5.92 Å². The Kier molecular flexibility index (Phi) is 21.0. The van der Waals surface area contributed by atoms with Crippen LogP contribution in [0.15, 0.2) is 0 Å². The fourth-order valence-corrected chi connectivity index (χ4v) is 5.44. The minimum Gasteiger partial charge on any atom is -0.358 e. The fourth-order valence-electron chi connectivity index (χ4n) is 3.04. The van der Waals surface area contributed by atoms with E-state index in [1.165, 1.54) is 59.9 Å². The summed E-state index contributed by atoms with van der Waals surface area (Å²) in [5, 5.41) is 0. The molecular weight excluding hydrogens is 310 g/mol. The molecular formula is C16H36FeP2. The molecule has 2 saturated carbocycles. The van der Waals surface area contributed by atoms with Crippen LogP contribution in [0.3, 0.4) is 0 Å². The molecule has 0 amide bonds. The van der Waals surface area contributed by atoms with Crippen LogP contribution in [-0.2, 0) is 17.1 Å². The number of hydrogen-bond donors (Lipinski definition) is 0. The second-order valence-electron chi connectivity index (χ2n) is 5.34. The van der Waals surface area contributed by atoms with E-state index < -0.39 is 0 Å². The fraction of sp³-hybridized carbons (Fsp3) is 0.875. The SMILES string of the molecule is C1CCCC1.CPC(C)C1CCCC1PC.[CH3-].[CH3-].[Fe+2]. The van der Waals surface area contributed by atoms with E-state index in [0.29, 0.717) is 0 Å². The molecule has 5 atom stereocenters. The molecule has 19 heavy (non-hydrogen) atoms. The van der Waals surface area contributed by atoms with Crippen molar-refractivity contribution in [2.75, 3.05) is 13.3 Å². The average molecular weight is 346 g/mol. The predicted molar refractivity (Wildman–Crippen MR) is 95.0 cm³/mol. The van der Waals surface area contributed by atoms with Crippen molar-refractivity contribution in [1.82, 2.24) is 0 Å². The van der Waals surface area contributed by atoms with E-state index in [-0.39, 0.29) is 31.9 Å². The molecule has 0 bridgehead atoms. The molecule has 3 heteroatoms. The zero-order valence-corrected chi connectivity index (χ0v) is 16.8. The van der Waals surface area contributed by atoms with Gasteiger partial charge >= 0.3 is 17.1 Å². The number of rotatable bonds is 3. The van der Waals surface area contributed by atoms with Gasteiger partial charge in [0.2, 0.25) is 0 Å². The van der Waals surface area contributed by atoms with Crippen LogP contribution in [0.1, 0.15) is 58.3 Å². The summed E-state index contributed by atoms with van der Waals surface area (Å²) in [5.74, 6) is 1.08. The number of hydrogen-bond acceptors (Lipinski definition) is 0. The maximum Gasteiger partial charge on any atom is 2.00 e. The summed E-state index contributed by atoms with van der Waals surface area (Å²) >= 11 is 0. The van der Waals surface area contributed by atoms with Gasteiger partial charge in [0.15, 0.2) is 0 Å². The maximum atomic E-state index is 2.45. The molecule has 0 radical (unpaired) electrons. The largest absolute Gasteiger partial charge is 2.00 e. The van der Waals surface area contributed by atoms with Gasteiger partial charge in [-0.25, -0.2) is 0 Å². The van der Waals surface area contributed by atoms with E-state index in [1.807, 2.05) is 0 Å². The Morgan fingerprint density at radius 3 is 1.68 bits per heavy atom. The third-order valence-electron chi connectivity index (χ3n) is 4.29. The van der Waals surface area contributed by atoms with Crippen molar-refractivity contribution in [3.63, 3.8) is 0 Å². The van der Waals surface area contributed by atoms with Crippen molar-refractivity contribution >= 4 is 17.2 Å². The van der Waals surface area contributed by atoms with Gasteiger partial charge in [0, 0.05) is 0 Å². The summed E-state index contributed by atoms with van der Waals surface area (Å²) in [7, 11) is 2.35. The topological polar surface area (TPSA) is 0 Å². The van der Waals surface area contributed by atoms with Crippen molar-refractivity contribution < 1.29 is 17.1 Å². The third kappa shape index (κ3) is 9.85. The van der Waals surface area contributed by atoms with Gasteiger partial charge in [-0.15, -0.1) is 17.2 Å². The molecule has 5 unspecified atom stereocenters. The first-order valence-electron chi connectivity index (χ1n) is 7.14. The first-order chi connectivity index (χ1) is 7.79. The van der Waals surface area contributed by atoms with Crippen LogP contribution < -0.4 is 0 Å². The summed E-state index contributed by atoms with van der Waals surface area (Å²) in [6, 6.07) is 0. The Morgan fingerprint density at radius 1 is 0.842 bits per heavy atom. The van der Waals surface area contributed by atoms with E-state index in [2.05, 4.69) is 20.3 Å². The monoisotopic (exact) mass is 346 g/mol. The van der Waals surface area contributed by atoms with Crippen LogP contribution in [0.25, 0.3) is 0 Å². The first-order valence-corrected chi connectivity index (χ1v) is 10.3. The van der Waals surface area contributed by atoms with E-state index in [4.69, 9.17) is 0 Å². The molecule has 2 aliphatic carbocycles. The third-order valence-corrected chi connectivity index (χ3v) is 7.09. The van der Waals surface area contributed by atoms with Gasteiger partial charge < -0.3 is 14.9 Å². The molecule has 2 fully saturated rings. The summed E-state index contributed by atoms with van der Waals surface area (Å²) in [6.07, 6.45) is 12.0. The Balaban J connectivity index is -0.000000277. The quantitative estimate of drug-likeness (QED) is 0.334. The molecule has 2 aliphatic rings. The van der Waals surface area contributed by atoms with Crippen molar-refractivity contribution in [3.8, 4) is 0 Å². The summed E-state index contributed by atoms with van der Waals surface area (Å²) < 4.78 is 0.